The van der Waals surface area contributed by atoms with E-state index >= 15 is 0 Å². The second-order valence-corrected chi connectivity index (χ2v) is 8.49. The number of fused-ring (bicyclic) bond motifs is 1. The molecule has 0 bridgehead atoms. The zero-order valence-electron chi connectivity index (χ0n) is 17.0. The van der Waals surface area contributed by atoms with Gasteiger partial charge in [-0.3, -0.25) is 0 Å². The van der Waals surface area contributed by atoms with Gasteiger partial charge in [0.2, 0.25) is 5.95 Å². The summed E-state index contributed by atoms with van der Waals surface area (Å²) in [5.41, 5.74) is 3.35. The van der Waals surface area contributed by atoms with Crippen molar-refractivity contribution in [2.45, 2.75) is 11.3 Å². The van der Waals surface area contributed by atoms with Crippen LogP contribution >= 0.6 is 11.8 Å². The van der Waals surface area contributed by atoms with E-state index in [0.717, 1.165) is 72.1 Å². The van der Waals surface area contributed by atoms with Crippen molar-refractivity contribution < 1.29 is 4.74 Å². The number of aryl methyl sites for hydroxylation is 1. The number of benzene rings is 2. The largest absolute Gasteiger partial charge is 0.495 e. The number of hydrogen-bond acceptors (Lipinski definition) is 7. The molecule has 0 saturated carbocycles. The molecule has 30 heavy (non-hydrogen) atoms. The molecule has 0 spiro atoms. The Morgan fingerprint density at radius 1 is 0.900 bits per heavy atom. The average molecular weight is 420 g/mol. The van der Waals surface area contributed by atoms with Gasteiger partial charge in [-0.05, 0) is 24.3 Å². The molecule has 6 nitrogen and oxygen atoms in total. The lowest BCUT2D eigenvalue weighted by Crippen LogP contribution is -2.47. The van der Waals surface area contributed by atoms with Crippen molar-refractivity contribution in [1.82, 2.24) is 9.97 Å². The number of nitrogens with one attached hydrogen (secondary N) is 1. The van der Waals surface area contributed by atoms with Crippen molar-refractivity contribution in [3.63, 3.8) is 0 Å². The first-order valence-corrected chi connectivity index (χ1v) is 11.3. The fourth-order valence-electron chi connectivity index (χ4n) is 3.96. The lowest BCUT2D eigenvalue weighted by Gasteiger charge is -2.36. The molecule has 1 fully saturated rings. The number of aromatic nitrogens is 2. The molecule has 0 atom stereocenters. The maximum Gasteiger partial charge on any atom is 0.227 e. The Morgan fingerprint density at radius 2 is 1.63 bits per heavy atom. The van der Waals surface area contributed by atoms with Gasteiger partial charge in [-0.1, -0.05) is 30.3 Å². The first-order valence-electron chi connectivity index (χ1n) is 10.3. The van der Waals surface area contributed by atoms with E-state index in [9.17, 15) is 0 Å². The number of hydrogen-bond donors (Lipinski definition) is 1. The van der Waals surface area contributed by atoms with Crippen LogP contribution in [0, 0.1) is 0 Å². The highest BCUT2D eigenvalue weighted by Crippen LogP contribution is 2.39. The summed E-state index contributed by atoms with van der Waals surface area (Å²) in [5.74, 6) is 3.57. The van der Waals surface area contributed by atoms with Crippen LogP contribution in [-0.2, 0) is 6.42 Å². The molecule has 1 saturated heterocycles. The highest BCUT2D eigenvalue weighted by Gasteiger charge is 2.25. The summed E-state index contributed by atoms with van der Waals surface area (Å²) in [4.78, 5) is 15.8. The summed E-state index contributed by atoms with van der Waals surface area (Å²) in [6.45, 7) is 3.76. The summed E-state index contributed by atoms with van der Waals surface area (Å²) >= 11 is 1.83. The van der Waals surface area contributed by atoms with Gasteiger partial charge >= 0.3 is 0 Å². The number of ether oxygens (including phenoxy) is 1. The molecule has 1 N–H and O–H groups in total. The number of nitrogens with zero attached hydrogens (tertiary/aromatic N) is 4. The van der Waals surface area contributed by atoms with Crippen molar-refractivity contribution in [3.05, 3.63) is 60.3 Å². The van der Waals surface area contributed by atoms with Crippen LogP contribution in [0.5, 0.6) is 5.75 Å². The summed E-state index contributed by atoms with van der Waals surface area (Å²) in [5, 5.41) is 3.50. The van der Waals surface area contributed by atoms with Crippen molar-refractivity contribution in [1.29, 1.82) is 0 Å². The van der Waals surface area contributed by atoms with Crippen molar-refractivity contribution in [3.8, 4) is 5.75 Å². The Bertz CT molecular complexity index is 1020. The quantitative estimate of drug-likeness (QED) is 0.665. The van der Waals surface area contributed by atoms with Gasteiger partial charge in [0, 0.05) is 44.0 Å². The summed E-state index contributed by atoms with van der Waals surface area (Å²) in [6, 6.07) is 18.6. The molecule has 1 aromatic heterocycles. The van der Waals surface area contributed by atoms with E-state index in [-0.39, 0.29) is 0 Å². The van der Waals surface area contributed by atoms with Crippen LogP contribution in [0.3, 0.4) is 0 Å². The van der Waals surface area contributed by atoms with E-state index in [4.69, 9.17) is 14.7 Å². The Morgan fingerprint density at radius 3 is 2.43 bits per heavy atom. The van der Waals surface area contributed by atoms with Gasteiger partial charge in [0.05, 0.1) is 23.4 Å². The van der Waals surface area contributed by atoms with E-state index in [2.05, 4.69) is 45.4 Å². The van der Waals surface area contributed by atoms with Crippen LogP contribution in [-0.4, -0.2) is 49.0 Å². The van der Waals surface area contributed by atoms with Crippen LogP contribution in [0.1, 0.15) is 5.69 Å². The SMILES string of the molecule is COc1ccccc1Nc1nc(N2CCN(c3ccccc3)CC2)nc2c1SCC2. The first kappa shape index (κ1) is 19.1. The van der Waals surface area contributed by atoms with Crippen LogP contribution in [0.25, 0.3) is 0 Å². The zero-order chi connectivity index (χ0) is 20.3. The van der Waals surface area contributed by atoms with E-state index in [1.54, 1.807) is 7.11 Å². The monoisotopic (exact) mass is 419 g/mol. The minimum absolute atomic E-state index is 0.811. The summed E-state index contributed by atoms with van der Waals surface area (Å²) in [6.07, 6.45) is 0.986. The fourth-order valence-corrected chi connectivity index (χ4v) is 5.01. The van der Waals surface area contributed by atoms with E-state index in [0.29, 0.717) is 0 Å². The topological polar surface area (TPSA) is 53.5 Å². The van der Waals surface area contributed by atoms with Crippen molar-refractivity contribution in [2.75, 3.05) is 54.2 Å². The normalized spacial score (nSPS) is 15.8. The van der Waals surface area contributed by atoms with Gasteiger partial charge in [-0.25, -0.2) is 4.98 Å². The Kier molecular flexibility index (Phi) is 5.36. The fraction of sp³-hybridized carbons (Fsp3) is 0.304. The maximum atomic E-state index is 5.51. The molecule has 3 heterocycles. The van der Waals surface area contributed by atoms with Gasteiger partial charge in [0.1, 0.15) is 11.6 Å². The molecule has 0 unspecified atom stereocenters. The van der Waals surface area contributed by atoms with E-state index in [1.807, 2.05) is 36.0 Å². The molecule has 3 aromatic rings. The second kappa shape index (κ2) is 8.44. The first-order chi connectivity index (χ1) is 14.8. The molecule has 0 aliphatic carbocycles. The molecule has 5 rings (SSSR count). The lowest BCUT2D eigenvalue weighted by molar-refractivity contribution is 0.417. The molecule has 2 aliphatic rings. The number of methoxy groups -OCH3 is 1. The van der Waals surface area contributed by atoms with Gasteiger partial charge in [0.25, 0.3) is 0 Å². The Labute approximate surface area is 181 Å². The standard InChI is InChI=1S/C23H25N5OS/c1-29-20-10-6-5-9-18(20)24-22-21-19(11-16-30-21)25-23(26-22)28-14-12-27(13-15-28)17-7-3-2-4-8-17/h2-10H,11-16H2,1H3,(H,24,25,26). The third kappa shape index (κ3) is 3.77. The molecule has 0 amide bonds. The van der Waals surface area contributed by atoms with Gasteiger partial charge < -0.3 is 19.9 Å². The third-order valence-electron chi connectivity index (χ3n) is 5.55. The van der Waals surface area contributed by atoms with Crippen LogP contribution < -0.4 is 19.9 Å². The predicted octanol–water partition coefficient (Wildman–Crippen LogP) is 4.20. The van der Waals surface area contributed by atoms with Crippen LogP contribution in [0.15, 0.2) is 59.5 Å². The lowest BCUT2D eigenvalue weighted by atomic mass is 10.2. The highest BCUT2D eigenvalue weighted by atomic mass is 32.2. The highest BCUT2D eigenvalue weighted by molar-refractivity contribution is 7.99. The summed E-state index contributed by atoms with van der Waals surface area (Å²) in [7, 11) is 1.69. The van der Waals surface area contributed by atoms with E-state index in [1.165, 1.54) is 5.69 Å². The minimum atomic E-state index is 0.811. The van der Waals surface area contributed by atoms with Gasteiger partial charge in [-0.2, -0.15) is 4.98 Å². The van der Waals surface area contributed by atoms with Crippen LogP contribution in [0.4, 0.5) is 23.1 Å². The molecular weight excluding hydrogens is 394 g/mol. The number of anilines is 4. The molecule has 2 aliphatic heterocycles. The molecule has 0 radical (unpaired) electrons. The second-order valence-electron chi connectivity index (χ2n) is 7.38. The maximum absolute atomic E-state index is 5.51. The van der Waals surface area contributed by atoms with Crippen molar-refractivity contribution >= 4 is 34.9 Å². The van der Waals surface area contributed by atoms with Crippen LogP contribution in [0.2, 0.25) is 0 Å². The minimum Gasteiger partial charge on any atom is -0.495 e. The Hall–Kier alpha value is -2.93. The number of para-hydroxylation sites is 3. The third-order valence-corrected chi connectivity index (χ3v) is 6.68. The number of rotatable bonds is 5. The molecular formula is C23H25N5OS. The summed E-state index contributed by atoms with van der Waals surface area (Å²) < 4.78 is 5.51. The predicted molar refractivity (Wildman–Crippen MR) is 124 cm³/mol. The smallest absolute Gasteiger partial charge is 0.227 e. The number of piperazine rings is 1. The Balaban J connectivity index is 1.38. The van der Waals surface area contributed by atoms with Gasteiger partial charge in [-0.15, -0.1) is 11.8 Å². The van der Waals surface area contributed by atoms with E-state index < -0.39 is 0 Å². The van der Waals surface area contributed by atoms with Gasteiger partial charge in [0.15, 0.2) is 0 Å². The zero-order valence-corrected chi connectivity index (χ0v) is 17.9. The molecule has 2 aromatic carbocycles. The number of thioether (sulfide) groups is 1. The molecule has 7 heteroatoms. The average Bonchev–Trinajstić information content (AvgIpc) is 3.29. The molecule has 154 valence electrons. The van der Waals surface area contributed by atoms with Crippen molar-refractivity contribution in [2.24, 2.45) is 0 Å².